The van der Waals surface area contributed by atoms with E-state index in [9.17, 15) is 4.79 Å². The number of rotatable bonds is 5. The predicted molar refractivity (Wildman–Crippen MR) is 83.8 cm³/mol. The van der Waals surface area contributed by atoms with Crippen molar-refractivity contribution >= 4 is 17.5 Å². The first kappa shape index (κ1) is 14.7. The molecule has 21 heavy (non-hydrogen) atoms. The van der Waals surface area contributed by atoms with Gasteiger partial charge in [0.2, 0.25) is 0 Å². The van der Waals surface area contributed by atoms with Gasteiger partial charge in [-0.3, -0.25) is 4.79 Å². The van der Waals surface area contributed by atoms with Crippen LogP contribution in [-0.4, -0.2) is 20.0 Å². The number of para-hydroxylation sites is 1. The van der Waals surface area contributed by atoms with Gasteiger partial charge < -0.3 is 15.2 Å². The third-order valence-electron chi connectivity index (χ3n) is 3.04. The summed E-state index contributed by atoms with van der Waals surface area (Å²) in [5, 5.41) is 0. The van der Waals surface area contributed by atoms with Gasteiger partial charge in [0.1, 0.15) is 0 Å². The lowest BCUT2D eigenvalue weighted by atomic mass is 10.1. The molecule has 0 aliphatic rings. The average molecular weight is 283 g/mol. The molecule has 2 rings (SSSR count). The Balaban J connectivity index is 2.25. The number of allylic oxidation sites excluding steroid dienone is 1. The number of nitrogens with two attached hydrogens (primary N) is 1. The highest BCUT2D eigenvalue weighted by atomic mass is 16.5. The van der Waals surface area contributed by atoms with Crippen molar-refractivity contribution in [3.63, 3.8) is 0 Å². The zero-order valence-electron chi connectivity index (χ0n) is 12.0. The molecule has 0 spiro atoms. The maximum absolute atomic E-state index is 12.1. The van der Waals surface area contributed by atoms with Gasteiger partial charge in [0.15, 0.2) is 17.3 Å². The summed E-state index contributed by atoms with van der Waals surface area (Å²) in [5.41, 5.74) is 7.60. The quantitative estimate of drug-likeness (QED) is 0.520. The summed E-state index contributed by atoms with van der Waals surface area (Å²) < 4.78 is 10.5. The lowest BCUT2D eigenvalue weighted by molar-refractivity contribution is 0.104. The normalized spacial score (nSPS) is 10.6. The number of hydrogen-bond acceptors (Lipinski definition) is 4. The predicted octanol–water partition coefficient (Wildman–Crippen LogP) is 3.18. The summed E-state index contributed by atoms with van der Waals surface area (Å²) in [7, 11) is 3.14. The Bertz CT molecular complexity index is 660. The van der Waals surface area contributed by atoms with Gasteiger partial charge in [-0.15, -0.1) is 0 Å². The van der Waals surface area contributed by atoms with Gasteiger partial charge in [-0.2, -0.15) is 0 Å². The van der Waals surface area contributed by atoms with Crippen LogP contribution in [-0.2, 0) is 0 Å². The van der Waals surface area contributed by atoms with Crippen molar-refractivity contribution < 1.29 is 14.3 Å². The molecule has 0 aromatic heterocycles. The van der Waals surface area contributed by atoms with Crippen molar-refractivity contribution in [2.45, 2.75) is 0 Å². The fraction of sp³-hybridized carbons (Fsp3) is 0.118. The highest BCUT2D eigenvalue weighted by Gasteiger charge is 2.07. The maximum Gasteiger partial charge on any atom is 0.185 e. The van der Waals surface area contributed by atoms with E-state index in [1.54, 1.807) is 50.6 Å². The number of methoxy groups -OCH3 is 2. The number of carbonyl (C=O) groups is 1. The summed E-state index contributed by atoms with van der Waals surface area (Å²) in [5.74, 6) is 1.13. The molecule has 0 aliphatic heterocycles. The van der Waals surface area contributed by atoms with E-state index in [2.05, 4.69) is 0 Å². The van der Waals surface area contributed by atoms with Crippen LogP contribution in [0.5, 0.6) is 11.5 Å². The van der Waals surface area contributed by atoms with Gasteiger partial charge >= 0.3 is 0 Å². The molecule has 0 fully saturated rings. The number of anilines is 1. The Labute approximate surface area is 123 Å². The molecule has 2 aromatic carbocycles. The monoisotopic (exact) mass is 283 g/mol. The molecule has 0 bridgehead atoms. The van der Waals surface area contributed by atoms with Crippen LogP contribution in [0.15, 0.2) is 48.5 Å². The van der Waals surface area contributed by atoms with Crippen LogP contribution >= 0.6 is 0 Å². The van der Waals surface area contributed by atoms with Crippen molar-refractivity contribution in [2.75, 3.05) is 20.0 Å². The van der Waals surface area contributed by atoms with E-state index >= 15 is 0 Å². The summed E-state index contributed by atoms with van der Waals surface area (Å²) in [6.07, 6.45) is 3.21. The van der Waals surface area contributed by atoms with Crippen molar-refractivity contribution in [2.24, 2.45) is 0 Å². The Hall–Kier alpha value is -2.75. The first-order valence-electron chi connectivity index (χ1n) is 6.44. The van der Waals surface area contributed by atoms with Gasteiger partial charge in [0, 0.05) is 16.8 Å². The van der Waals surface area contributed by atoms with Gasteiger partial charge in [0.25, 0.3) is 0 Å². The van der Waals surface area contributed by atoms with Crippen LogP contribution in [0.2, 0.25) is 0 Å². The van der Waals surface area contributed by atoms with Crippen LogP contribution in [0.25, 0.3) is 6.08 Å². The first-order valence-corrected chi connectivity index (χ1v) is 6.44. The molecule has 0 saturated carbocycles. The average Bonchev–Trinajstić information content (AvgIpc) is 2.52. The van der Waals surface area contributed by atoms with Crippen LogP contribution < -0.4 is 15.2 Å². The number of ether oxygens (including phenoxy) is 2. The zero-order valence-corrected chi connectivity index (χ0v) is 12.0. The highest BCUT2D eigenvalue weighted by Crippen LogP contribution is 2.31. The van der Waals surface area contributed by atoms with E-state index in [-0.39, 0.29) is 5.78 Å². The van der Waals surface area contributed by atoms with Crippen molar-refractivity contribution in [3.05, 3.63) is 59.7 Å². The van der Waals surface area contributed by atoms with Crippen LogP contribution in [0.3, 0.4) is 0 Å². The molecule has 0 radical (unpaired) electrons. The van der Waals surface area contributed by atoms with Crippen molar-refractivity contribution in [1.82, 2.24) is 0 Å². The molecule has 0 unspecified atom stereocenters. The van der Waals surface area contributed by atoms with E-state index in [0.717, 1.165) is 5.56 Å². The Morgan fingerprint density at radius 3 is 2.38 bits per heavy atom. The molecule has 4 nitrogen and oxygen atoms in total. The summed E-state index contributed by atoms with van der Waals surface area (Å²) in [6, 6.07) is 12.3. The van der Waals surface area contributed by atoms with Gasteiger partial charge in [-0.25, -0.2) is 0 Å². The first-order chi connectivity index (χ1) is 10.2. The number of nitrogen functional groups attached to an aromatic ring is 1. The van der Waals surface area contributed by atoms with Crippen molar-refractivity contribution in [1.29, 1.82) is 0 Å². The minimum Gasteiger partial charge on any atom is -0.493 e. The highest BCUT2D eigenvalue weighted by molar-refractivity contribution is 6.07. The second-order valence-corrected chi connectivity index (χ2v) is 4.40. The summed E-state index contributed by atoms with van der Waals surface area (Å²) in [6.45, 7) is 0. The van der Waals surface area contributed by atoms with Gasteiger partial charge in [-0.05, 0) is 42.5 Å². The molecule has 0 heterocycles. The fourth-order valence-corrected chi connectivity index (χ4v) is 1.95. The third kappa shape index (κ3) is 3.42. The number of hydrogen-bond donors (Lipinski definition) is 1. The molecular formula is C17H17NO3. The van der Waals surface area contributed by atoms with E-state index in [1.807, 2.05) is 12.1 Å². The maximum atomic E-state index is 12.1. The van der Waals surface area contributed by atoms with E-state index < -0.39 is 0 Å². The molecule has 0 aliphatic carbocycles. The molecule has 2 aromatic rings. The smallest absolute Gasteiger partial charge is 0.185 e. The largest absolute Gasteiger partial charge is 0.493 e. The van der Waals surface area contributed by atoms with Gasteiger partial charge in [-0.1, -0.05) is 12.1 Å². The van der Waals surface area contributed by atoms with Gasteiger partial charge in [0.05, 0.1) is 14.2 Å². The molecule has 4 heteroatoms. The lowest BCUT2D eigenvalue weighted by Gasteiger charge is -2.09. The lowest BCUT2D eigenvalue weighted by Crippen LogP contribution is -1.96. The fourth-order valence-electron chi connectivity index (χ4n) is 1.95. The number of benzene rings is 2. The van der Waals surface area contributed by atoms with Crippen LogP contribution in [0.4, 0.5) is 5.69 Å². The van der Waals surface area contributed by atoms with E-state index in [1.165, 1.54) is 6.08 Å². The Kier molecular flexibility index (Phi) is 4.61. The zero-order chi connectivity index (χ0) is 15.2. The van der Waals surface area contributed by atoms with Crippen LogP contribution in [0.1, 0.15) is 15.9 Å². The number of ketones is 1. The second-order valence-electron chi connectivity index (χ2n) is 4.40. The molecule has 0 saturated heterocycles. The Morgan fingerprint density at radius 1 is 1.05 bits per heavy atom. The SMILES string of the molecule is COc1cccc(C=CC(=O)c2ccc(N)cc2)c1OC. The van der Waals surface area contributed by atoms with E-state index in [4.69, 9.17) is 15.2 Å². The van der Waals surface area contributed by atoms with E-state index in [0.29, 0.717) is 22.7 Å². The third-order valence-corrected chi connectivity index (χ3v) is 3.04. The Morgan fingerprint density at radius 2 is 1.76 bits per heavy atom. The molecule has 2 N–H and O–H groups in total. The minimum atomic E-state index is -0.0973. The minimum absolute atomic E-state index is 0.0973. The number of carbonyl (C=O) groups excluding carboxylic acids is 1. The molecule has 0 amide bonds. The van der Waals surface area contributed by atoms with Crippen LogP contribution in [0, 0.1) is 0 Å². The summed E-state index contributed by atoms with van der Waals surface area (Å²) >= 11 is 0. The molecule has 0 atom stereocenters. The topological polar surface area (TPSA) is 61.5 Å². The second kappa shape index (κ2) is 6.61. The standard InChI is InChI=1S/C17H17NO3/c1-20-16-5-3-4-13(17(16)21-2)8-11-15(19)12-6-9-14(18)10-7-12/h3-11H,18H2,1-2H3. The summed E-state index contributed by atoms with van der Waals surface area (Å²) in [4.78, 5) is 12.1. The molecule has 108 valence electrons. The van der Waals surface area contributed by atoms with Crippen molar-refractivity contribution in [3.8, 4) is 11.5 Å². The molecular weight excluding hydrogens is 266 g/mol.